The highest BCUT2D eigenvalue weighted by atomic mass is 16.5. The van der Waals surface area contributed by atoms with Crippen LogP contribution in [0.15, 0.2) is 95.9 Å². The lowest BCUT2D eigenvalue weighted by Crippen LogP contribution is -2.51. The minimum Gasteiger partial charge on any atom is -0.495 e. The summed E-state index contributed by atoms with van der Waals surface area (Å²) in [6.45, 7) is 7.84. The van der Waals surface area contributed by atoms with E-state index in [0.29, 0.717) is 18.2 Å². The fourth-order valence-corrected chi connectivity index (χ4v) is 4.81. The Kier molecular flexibility index (Phi) is 8.28. The van der Waals surface area contributed by atoms with Gasteiger partial charge in [0.05, 0.1) is 18.3 Å². The molecule has 4 N–H and O–H groups in total. The normalized spacial score (nSPS) is 16.7. The summed E-state index contributed by atoms with van der Waals surface area (Å²) in [7, 11) is 1.65. The van der Waals surface area contributed by atoms with Crippen LogP contribution in [0.5, 0.6) is 11.5 Å². The third-order valence-corrected chi connectivity index (χ3v) is 7.14. The number of nitrogens with zero attached hydrogens (tertiary/aromatic N) is 3. The van der Waals surface area contributed by atoms with E-state index in [1.807, 2.05) is 85.1 Å². The summed E-state index contributed by atoms with van der Waals surface area (Å²) in [5.41, 5.74) is 11.1. The second-order valence-corrected chi connectivity index (χ2v) is 9.54. The van der Waals surface area contributed by atoms with E-state index in [-0.39, 0.29) is 0 Å². The lowest BCUT2D eigenvalue weighted by molar-refractivity contribution is 0.222. The van der Waals surface area contributed by atoms with Crippen LogP contribution in [0.2, 0.25) is 0 Å². The molecule has 3 aromatic carbocycles. The van der Waals surface area contributed by atoms with Gasteiger partial charge in [0, 0.05) is 41.0 Å². The van der Waals surface area contributed by atoms with Crippen molar-refractivity contribution in [2.45, 2.75) is 19.6 Å². The molecular weight excluding hydrogens is 500 g/mol. The molecule has 8 nitrogen and oxygen atoms in total. The Labute approximate surface area is 235 Å². The monoisotopic (exact) mass is 536 g/mol. The molecule has 1 atom stereocenters. The van der Waals surface area contributed by atoms with E-state index >= 15 is 0 Å². The van der Waals surface area contributed by atoms with E-state index < -0.39 is 5.79 Å². The van der Waals surface area contributed by atoms with Gasteiger partial charge in [-0.15, -0.1) is 0 Å². The SMILES string of the molecule is CCN(CC)CCOc1ccc(C2(N)N=CC(c3cccc4cccnc34)=C(Nc3ccccc3OC)N2)cc1. The maximum atomic E-state index is 6.90. The molecule has 0 radical (unpaired) electrons. The number of fused-ring (bicyclic) bond motifs is 1. The van der Waals surface area contributed by atoms with Crippen molar-refractivity contribution in [2.75, 3.05) is 38.7 Å². The van der Waals surface area contributed by atoms with Crippen LogP contribution in [0.25, 0.3) is 16.5 Å². The van der Waals surface area contributed by atoms with Gasteiger partial charge in [0.15, 0.2) is 0 Å². The van der Waals surface area contributed by atoms with Crippen molar-refractivity contribution in [3.63, 3.8) is 0 Å². The zero-order chi connectivity index (χ0) is 28.0. The third kappa shape index (κ3) is 5.78. The summed E-state index contributed by atoms with van der Waals surface area (Å²) >= 11 is 0. The van der Waals surface area contributed by atoms with E-state index in [4.69, 9.17) is 20.2 Å². The number of para-hydroxylation sites is 3. The number of aromatic nitrogens is 1. The summed E-state index contributed by atoms with van der Waals surface area (Å²) in [5.74, 6) is 0.999. The highest BCUT2D eigenvalue weighted by Crippen LogP contribution is 2.33. The zero-order valence-electron chi connectivity index (χ0n) is 23.2. The Morgan fingerprint density at radius 1 is 0.950 bits per heavy atom. The Morgan fingerprint density at radius 2 is 1.73 bits per heavy atom. The molecule has 0 amide bonds. The molecular formula is C32H36N6O2. The first kappa shape index (κ1) is 27.2. The number of ether oxygens (including phenoxy) is 2. The number of nitrogens with two attached hydrogens (primary N) is 1. The summed E-state index contributed by atoms with van der Waals surface area (Å²) in [5, 5.41) is 8.02. The van der Waals surface area contributed by atoms with Crippen LogP contribution in [0, 0.1) is 0 Å². The Morgan fingerprint density at radius 3 is 2.50 bits per heavy atom. The number of aliphatic imine (C=N–C) groups is 1. The van der Waals surface area contributed by atoms with Crippen molar-refractivity contribution in [1.29, 1.82) is 0 Å². The van der Waals surface area contributed by atoms with E-state index in [0.717, 1.165) is 58.7 Å². The number of hydrogen-bond acceptors (Lipinski definition) is 8. The first-order valence-electron chi connectivity index (χ1n) is 13.6. The number of pyridine rings is 1. The summed E-state index contributed by atoms with van der Waals surface area (Å²) in [6.07, 6.45) is 3.61. The number of methoxy groups -OCH3 is 1. The van der Waals surface area contributed by atoms with Gasteiger partial charge in [-0.1, -0.05) is 50.2 Å². The van der Waals surface area contributed by atoms with Crippen molar-refractivity contribution in [1.82, 2.24) is 15.2 Å². The summed E-state index contributed by atoms with van der Waals surface area (Å²) in [6, 6.07) is 25.6. The van der Waals surface area contributed by atoms with Gasteiger partial charge in [-0.3, -0.25) is 10.7 Å². The Bertz CT molecular complexity index is 1510. The molecule has 206 valence electrons. The molecule has 5 rings (SSSR count). The molecule has 1 aromatic heterocycles. The van der Waals surface area contributed by atoms with Gasteiger partial charge in [0.2, 0.25) is 5.79 Å². The topological polar surface area (TPSA) is 97.0 Å². The highest BCUT2D eigenvalue weighted by molar-refractivity contribution is 6.16. The first-order chi connectivity index (χ1) is 19.5. The number of anilines is 1. The lowest BCUT2D eigenvalue weighted by Gasteiger charge is -2.34. The van der Waals surface area contributed by atoms with E-state index in [1.54, 1.807) is 13.3 Å². The van der Waals surface area contributed by atoms with Crippen LogP contribution in [0.3, 0.4) is 0 Å². The van der Waals surface area contributed by atoms with Gasteiger partial charge in [0.1, 0.15) is 23.9 Å². The third-order valence-electron chi connectivity index (χ3n) is 7.14. The fraction of sp³-hybridized carbons (Fsp3) is 0.250. The highest BCUT2D eigenvalue weighted by Gasteiger charge is 2.32. The molecule has 1 unspecified atom stereocenters. The smallest absolute Gasteiger partial charge is 0.210 e. The second kappa shape index (κ2) is 12.2. The minimum absolute atomic E-state index is 0.628. The molecule has 0 saturated heterocycles. The van der Waals surface area contributed by atoms with Crippen molar-refractivity contribution in [3.05, 3.63) is 102 Å². The van der Waals surface area contributed by atoms with Crippen LogP contribution in [-0.4, -0.2) is 49.4 Å². The van der Waals surface area contributed by atoms with E-state index in [1.165, 1.54) is 0 Å². The molecule has 0 spiro atoms. The molecule has 0 fully saturated rings. The Balaban J connectivity index is 1.46. The van der Waals surface area contributed by atoms with Crippen molar-refractivity contribution >= 4 is 28.4 Å². The molecule has 0 bridgehead atoms. The predicted octanol–water partition coefficient (Wildman–Crippen LogP) is 5.19. The lowest BCUT2D eigenvalue weighted by atomic mass is 9.99. The Hall–Kier alpha value is -4.40. The maximum absolute atomic E-state index is 6.90. The van der Waals surface area contributed by atoms with Crippen LogP contribution < -0.4 is 25.8 Å². The first-order valence-corrected chi connectivity index (χ1v) is 13.6. The second-order valence-electron chi connectivity index (χ2n) is 9.54. The maximum Gasteiger partial charge on any atom is 0.210 e. The molecule has 40 heavy (non-hydrogen) atoms. The molecule has 1 aliphatic heterocycles. The molecule has 4 aromatic rings. The van der Waals surface area contributed by atoms with Gasteiger partial charge < -0.3 is 25.0 Å². The van der Waals surface area contributed by atoms with Crippen LogP contribution in [0.1, 0.15) is 25.0 Å². The van der Waals surface area contributed by atoms with E-state index in [2.05, 4.69) is 34.4 Å². The van der Waals surface area contributed by atoms with E-state index in [9.17, 15) is 0 Å². The van der Waals surface area contributed by atoms with Crippen molar-refractivity contribution in [2.24, 2.45) is 10.7 Å². The van der Waals surface area contributed by atoms with Crippen LogP contribution in [-0.2, 0) is 5.79 Å². The van der Waals surface area contributed by atoms with Crippen molar-refractivity contribution < 1.29 is 9.47 Å². The van der Waals surface area contributed by atoms with Crippen LogP contribution in [0.4, 0.5) is 5.69 Å². The van der Waals surface area contributed by atoms with Gasteiger partial charge in [-0.2, -0.15) is 0 Å². The molecule has 0 saturated carbocycles. The molecule has 1 aliphatic rings. The molecule has 2 heterocycles. The number of benzene rings is 3. The molecule has 0 aliphatic carbocycles. The van der Waals surface area contributed by atoms with Gasteiger partial charge in [-0.25, -0.2) is 4.99 Å². The van der Waals surface area contributed by atoms with Gasteiger partial charge >= 0.3 is 0 Å². The number of hydrogen-bond donors (Lipinski definition) is 3. The average molecular weight is 537 g/mol. The minimum atomic E-state index is -1.20. The van der Waals surface area contributed by atoms with Gasteiger partial charge in [0.25, 0.3) is 0 Å². The number of nitrogens with one attached hydrogen (secondary N) is 2. The summed E-state index contributed by atoms with van der Waals surface area (Å²) in [4.78, 5) is 11.8. The predicted molar refractivity (Wildman–Crippen MR) is 162 cm³/mol. The average Bonchev–Trinajstić information content (AvgIpc) is 3.00. The number of likely N-dealkylation sites (N-methyl/N-ethyl adjacent to an activating group) is 1. The largest absolute Gasteiger partial charge is 0.495 e. The number of rotatable bonds is 11. The quantitative estimate of drug-likeness (QED) is 0.243. The number of allylic oxidation sites excluding steroid dienone is 1. The van der Waals surface area contributed by atoms with Crippen molar-refractivity contribution in [3.8, 4) is 11.5 Å². The standard InChI is InChI=1S/C32H36N6O2/c1-4-38(5-2)20-21-40-25-17-15-24(16-18-25)32(33)35-22-27(26-12-8-10-23-11-9-19-34-30(23)26)31(37-32)36-28-13-6-7-14-29(28)39-3/h6-19,22,36-37H,4-5,20-21,33H2,1-3H3. The molecule has 8 heteroatoms. The fourth-order valence-electron chi connectivity index (χ4n) is 4.81. The van der Waals surface area contributed by atoms with Crippen LogP contribution >= 0.6 is 0 Å². The summed E-state index contributed by atoms with van der Waals surface area (Å²) < 4.78 is 11.6. The van der Waals surface area contributed by atoms with Gasteiger partial charge in [-0.05, 0) is 55.6 Å². The zero-order valence-corrected chi connectivity index (χ0v) is 23.2.